The van der Waals surface area contributed by atoms with Crippen molar-refractivity contribution < 1.29 is 9.53 Å². The number of carbonyl (C=O) groups excluding carboxylic acids is 1. The molecule has 1 heterocycles. The molecule has 0 spiro atoms. The van der Waals surface area contributed by atoms with Crippen LogP contribution in [0.2, 0.25) is 0 Å². The van der Waals surface area contributed by atoms with E-state index < -0.39 is 0 Å². The fourth-order valence-corrected chi connectivity index (χ4v) is 3.10. The second-order valence-corrected chi connectivity index (χ2v) is 6.57. The van der Waals surface area contributed by atoms with Gasteiger partial charge in [0.2, 0.25) is 5.91 Å². The molecule has 5 heteroatoms. The topological polar surface area (TPSA) is 32.8 Å². The molecule has 1 aliphatic heterocycles. The molecule has 116 valence electrons. The Morgan fingerprint density at radius 1 is 1.38 bits per heavy atom. The molecule has 1 aromatic rings. The van der Waals surface area contributed by atoms with Crippen molar-refractivity contribution in [3.05, 3.63) is 30.3 Å². The van der Waals surface area contributed by atoms with Crippen molar-refractivity contribution in [2.24, 2.45) is 0 Å². The highest BCUT2D eigenvalue weighted by molar-refractivity contribution is 8.00. The van der Waals surface area contributed by atoms with E-state index in [2.05, 4.69) is 19.0 Å². The van der Waals surface area contributed by atoms with Crippen LogP contribution in [0.5, 0.6) is 0 Å². The van der Waals surface area contributed by atoms with E-state index in [0.717, 1.165) is 24.4 Å². The summed E-state index contributed by atoms with van der Waals surface area (Å²) in [6.45, 7) is 3.08. The molecular formula is C16H24N2O2S. The molecule has 1 atom stereocenters. The highest BCUT2D eigenvalue weighted by Crippen LogP contribution is 2.18. The van der Waals surface area contributed by atoms with Crippen LogP contribution in [0.4, 0.5) is 0 Å². The molecule has 0 aliphatic carbocycles. The lowest BCUT2D eigenvalue weighted by atomic mass is 10.2. The zero-order valence-electron chi connectivity index (χ0n) is 12.8. The third-order valence-electron chi connectivity index (χ3n) is 3.50. The Bertz CT molecular complexity index is 439. The lowest BCUT2D eigenvalue weighted by Gasteiger charge is -2.33. The lowest BCUT2D eigenvalue weighted by Crippen LogP contribution is -2.47. The summed E-state index contributed by atoms with van der Waals surface area (Å²) in [5.74, 6) is 0.715. The van der Waals surface area contributed by atoms with Crippen LogP contribution in [0.1, 0.15) is 6.42 Å². The zero-order valence-corrected chi connectivity index (χ0v) is 13.6. The number of carbonyl (C=O) groups is 1. The monoisotopic (exact) mass is 308 g/mol. The molecule has 0 radical (unpaired) electrons. The van der Waals surface area contributed by atoms with Gasteiger partial charge >= 0.3 is 0 Å². The van der Waals surface area contributed by atoms with E-state index in [1.54, 1.807) is 11.8 Å². The van der Waals surface area contributed by atoms with E-state index in [1.165, 1.54) is 0 Å². The van der Waals surface area contributed by atoms with Crippen molar-refractivity contribution in [3.8, 4) is 0 Å². The van der Waals surface area contributed by atoms with Crippen LogP contribution in [-0.4, -0.2) is 67.9 Å². The molecule has 4 nitrogen and oxygen atoms in total. The van der Waals surface area contributed by atoms with Crippen LogP contribution >= 0.6 is 11.8 Å². The molecular weight excluding hydrogens is 284 g/mol. The van der Waals surface area contributed by atoms with Gasteiger partial charge in [-0.05, 0) is 32.6 Å². The quantitative estimate of drug-likeness (QED) is 0.752. The van der Waals surface area contributed by atoms with Gasteiger partial charge in [-0.25, -0.2) is 0 Å². The van der Waals surface area contributed by atoms with Crippen LogP contribution in [0.3, 0.4) is 0 Å². The van der Waals surface area contributed by atoms with Crippen LogP contribution in [0.25, 0.3) is 0 Å². The first-order valence-corrected chi connectivity index (χ1v) is 8.35. The van der Waals surface area contributed by atoms with Gasteiger partial charge in [0.25, 0.3) is 0 Å². The number of morpholine rings is 1. The number of amides is 1. The van der Waals surface area contributed by atoms with E-state index in [9.17, 15) is 4.79 Å². The molecule has 1 fully saturated rings. The normalized spacial score (nSPS) is 19.0. The summed E-state index contributed by atoms with van der Waals surface area (Å²) in [6, 6.07) is 10.1. The number of thioether (sulfide) groups is 1. The minimum atomic E-state index is 0.173. The average Bonchev–Trinajstić information content (AvgIpc) is 2.52. The van der Waals surface area contributed by atoms with E-state index in [1.807, 2.05) is 35.2 Å². The van der Waals surface area contributed by atoms with Crippen molar-refractivity contribution in [3.63, 3.8) is 0 Å². The molecule has 1 unspecified atom stereocenters. The first-order valence-electron chi connectivity index (χ1n) is 7.37. The second-order valence-electron chi connectivity index (χ2n) is 5.53. The number of benzene rings is 1. The standard InChI is InChI=1S/C16H24N2O2S/c1-17(2)9-8-14-12-18(10-11-20-14)16(19)13-21-15-6-4-3-5-7-15/h3-7,14H,8-13H2,1-2H3. The Kier molecular flexibility index (Phi) is 6.54. The highest BCUT2D eigenvalue weighted by Gasteiger charge is 2.23. The first kappa shape index (κ1) is 16.3. The summed E-state index contributed by atoms with van der Waals surface area (Å²) in [5, 5.41) is 0. The predicted molar refractivity (Wildman–Crippen MR) is 86.7 cm³/mol. The van der Waals surface area contributed by atoms with Crippen LogP contribution in [-0.2, 0) is 9.53 Å². The van der Waals surface area contributed by atoms with Crippen molar-refractivity contribution in [1.82, 2.24) is 9.80 Å². The molecule has 0 aromatic heterocycles. The largest absolute Gasteiger partial charge is 0.374 e. The minimum absolute atomic E-state index is 0.173. The molecule has 1 aliphatic rings. The summed E-state index contributed by atoms with van der Waals surface area (Å²) in [5.41, 5.74) is 0. The van der Waals surface area contributed by atoms with Gasteiger partial charge in [0.15, 0.2) is 0 Å². The third-order valence-corrected chi connectivity index (χ3v) is 4.49. The summed E-state index contributed by atoms with van der Waals surface area (Å²) < 4.78 is 5.74. The summed E-state index contributed by atoms with van der Waals surface area (Å²) >= 11 is 1.60. The Morgan fingerprint density at radius 2 is 2.14 bits per heavy atom. The van der Waals surface area contributed by atoms with Crippen molar-refractivity contribution in [2.75, 3.05) is 46.1 Å². The molecule has 1 saturated heterocycles. The van der Waals surface area contributed by atoms with E-state index >= 15 is 0 Å². The van der Waals surface area contributed by atoms with Gasteiger partial charge in [-0.1, -0.05) is 18.2 Å². The van der Waals surface area contributed by atoms with Crippen LogP contribution < -0.4 is 0 Å². The van der Waals surface area contributed by atoms with Gasteiger partial charge in [0, 0.05) is 24.5 Å². The number of ether oxygens (including phenoxy) is 1. The van der Waals surface area contributed by atoms with Gasteiger partial charge in [-0.2, -0.15) is 0 Å². The van der Waals surface area contributed by atoms with Crippen molar-refractivity contribution >= 4 is 17.7 Å². The number of hydrogen-bond donors (Lipinski definition) is 0. The maximum atomic E-state index is 12.3. The van der Waals surface area contributed by atoms with E-state index in [4.69, 9.17) is 4.74 Å². The minimum Gasteiger partial charge on any atom is -0.374 e. The Labute approximate surface area is 131 Å². The Balaban J connectivity index is 1.76. The Morgan fingerprint density at radius 3 is 2.86 bits per heavy atom. The average molecular weight is 308 g/mol. The number of hydrogen-bond acceptors (Lipinski definition) is 4. The fraction of sp³-hybridized carbons (Fsp3) is 0.562. The highest BCUT2D eigenvalue weighted by atomic mass is 32.2. The molecule has 0 N–H and O–H groups in total. The zero-order chi connectivity index (χ0) is 15.1. The molecule has 1 aromatic carbocycles. The van der Waals surface area contributed by atoms with Gasteiger partial charge in [-0.3, -0.25) is 4.79 Å². The SMILES string of the molecule is CN(C)CCC1CN(C(=O)CSc2ccccc2)CCO1. The Hall–Kier alpha value is -1.04. The predicted octanol–water partition coefficient (Wildman–Crippen LogP) is 1.96. The maximum absolute atomic E-state index is 12.3. The maximum Gasteiger partial charge on any atom is 0.233 e. The molecule has 1 amide bonds. The summed E-state index contributed by atoms with van der Waals surface area (Å²) in [4.78, 5) is 17.5. The second kappa shape index (κ2) is 8.41. The van der Waals surface area contributed by atoms with Crippen molar-refractivity contribution in [2.45, 2.75) is 17.4 Å². The van der Waals surface area contributed by atoms with Gasteiger partial charge in [0.05, 0.1) is 18.5 Å². The number of rotatable bonds is 6. The van der Waals surface area contributed by atoms with Gasteiger partial charge < -0.3 is 14.5 Å². The molecule has 2 rings (SSSR count). The first-order chi connectivity index (χ1) is 10.1. The molecule has 0 bridgehead atoms. The molecule has 0 saturated carbocycles. The van der Waals surface area contributed by atoms with Gasteiger partial charge in [-0.15, -0.1) is 11.8 Å². The van der Waals surface area contributed by atoms with Crippen LogP contribution in [0.15, 0.2) is 35.2 Å². The van der Waals surface area contributed by atoms with Crippen molar-refractivity contribution in [1.29, 1.82) is 0 Å². The third kappa shape index (κ3) is 5.69. The fourth-order valence-electron chi connectivity index (χ4n) is 2.28. The van der Waals surface area contributed by atoms with Gasteiger partial charge in [0.1, 0.15) is 0 Å². The van der Waals surface area contributed by atoms with E-state index in [0.29, 0.717) is 18.9 Å². The summed E-state index contributed by atoms with van der Waals surface area (Å²) in [6.07, 6.45) is 1.15. The van der Waals surface area contributed by atoms with Crippen LogP contribution in [0, 0.1) is 0 Å². The smallest absolute Gasteiger partial charge is 0.233 e. The summed E-state index contributed by atoms with van der Waals surface area (Å²) in [7, 11) is 4.12. The lowest BCUT2D eigenvalue weighted by molar-refractivity contribution is -0.136. The number of nitrogens with zero attached hydrogens (tertiary/aromatic N) is 2. The van der Waals surface area contributed by atoms with E-state index in [-0.39, 0.29) is 12.0 Å². The molecule has 21 heavy (non-hydrogen) atoms.